The average Bonchev–Trinajstić information content (AvgIpc) is 2.72. The summed E-state index contributed by atoms with van der Waals surface area (Å²) in [5.74, 6) is -1.07. The minimum Gasteiger partial charge on any atom is -0.493 e. The number of aliphatic carboxylic acids is 1. The highest BCUT2D eigenvalue weighted by Crippen LogP contribution is 2.40. The molecule has 0 saturated carbocycles. The fourth-order valence-electron chi connectivity index (χ4n) is 3.19. The summed E-state index contributed by atoms with van der Waals surface area (Å²) in [6.45, 7) is 0.826. The highest BCUT2D eigenvalue weighted by atomic mass is 35.5. The number of carboxylic acid groups (broad SMARTS) is 1. The standard InChI is InChI=1S/C21H19ClN2O6/c1-11(25)18-19(12-6-4-3-5-7-12)23-21(28)24-20(18)13-8-15(29-2)16(9-14(13)22)30-10-17(26)27/h3-9,20H,10H2,1-2H3,(H,26,27)(H2,23,24,28)/t20-/m1/s1. The van der Waals surface area contributed by atoms with Gasteiger partial charge in [0.1, 0.15) is 0 Å². The summed E-state index contributed by atoms with van der Waals surface area (Å²) in [7, 11) is 1.39. The summed E-state index contributed by atoms with van der Waals surface area (Å²) >= 11 is 6.43. The highest BCUT2D eigenvalue weighted by Gasteiger charge is 2.33. The molecule has 0 aliphatic carbocycles. The second kappa shape index (κ2) is 8.87. The molecule has 156 valence electrons. The summed E-state index contributed by atoms with van der Waals surface area (Å²) in [4.78, 5) is 35.7. The molecule has 1 heterocycles. The topological polar surface area (TPSA) is 114 Å². The first-order chi connectivity index (χ1) is 14.3. The molecule has 2 aromatic carbocycles. The van der Waals surface area contributed by atoms with Crippen LogP contribution in [0.15, 0.2) is 48.0 Å². The van der Waals surface area contributed by atoms with Crippen molar-refractivity contribution in [2.45, 2.75) is 13.0 Å². The van der Waals surface area contributed by atoms with E-state index in [2.05, 4.69) is 10.6 Å². The fourth-order valence-corrected chi connectivity index (χ4v) is 3.46. The molecule has 2 aromatic rings. The number of ether oxygens (including phenoxy) is 2. The fraction of sp³-hybridized carbons (Fsp3) is 0.190. The van der Waals surface area contributed by atoms with Crippen LogP contribution < -0.4 is 20.1 Å². The Kier molecular flexibility index (Phi) is 6.27. The van der Waals surface area contributed by atoms with E-state index in [4.69, 9.17) is 26.2 Å². The number of carbonyl (C=O) groups is 3. The number of carboxylic acids is 1. The number of nitrogens with one attached hydrogen (secondary N) is 2. The molecule has 30 heavy (non-hydrogen) atoms. The van der Waals surface area contributed by atoms with E-state index in [1.807, 2.05) is 6.07 Å². The van der Waals surface area contributed by atoms with E-state index in [9.17, 15) is 14.4 Å². The van der Waals surface area contributed by atoms with Crippen molar-refractivity contribution in [1.82, 2.24) is 10.6 Å². The van der Waals surface area contributed by atoms with Crippen LogP contribution >= 0.6 is 11.6 Å². The largest absolute Gasteiger partial charge is 0.493 e. The number of methoxy groups -OCH3 is 1. The van der Waals surface area contributed by atoms with E-state index < -0.39 is 24.6 Å². The normalized spacial score (nSPS) is 15.8. The predicted octanol–water partition coefficient (Wildman–Crippen LogP) is 3.17. The lowest BCUT2D eigenvalue weighted by Gasteiger charge is -2.30. The Balaban J connectivity index is 2.14. The van der Waals surface area contributed by atoms with Crippen molar-refractivity contribution in [1.29, 1.82) is 0 Å². The zero-order valence-electron chi connectivity index (χ0n) is 16.2. The van der Waals surface area contributed by atoms with Crippen molar-refractivity contribution in [2.75, 3.05) is 13.7 Å². The van der Waals surface area contributed by atoms with Gasteiger partial charge in [-0.3, -0.25) is 4.79 Å². The molecule has 0 radical (unpaired) electrons. The number of carbonyl (C=O) groups excluding carboxylic acids is 2. The van der Waals surface area contributed by atoms with Crippen LogP contribution in [0.1, 0.15) is 24.1 Å². The van der Waals surface area contributed by atoms with Gasteiger partial charge in [-0.2, -0.15) is 0 Å². The van der Waals surface area contributed by atoms with Gasteiger partial charge in [0.05, 0.1) is 23.9 Å². The van der Waals surface area contributed by atoms with Crippen molar-refractivity contribution in [3.63, 3.8) is 0 Å². The molecule has 0 spiro atoms. The number of benzene rings is 2. The molecule has 1 atom stereocenters. The van der Waals surface area contributed by atoms with Crippen LogP contribution in [0.2, 0.25) is 5.02 Å². The number of ketones is 1. The van der Waals surface area contributed by atoms with Crippen molar-refractivity contribution >= 4 is 35.1 Å². The SMILES string of the molecule is COc1cc([C@H]2NC(=O)NC(c3ccccc3)=C2C(C)=O)c(Cl)cc1OCC(=O)O. The van der Waals surface area contributed by atoms with Gasteiger partial charge in [-0.1, -0.05) is 41.9 Å². The number of rotatable bonds is 7. The lowest BCUT2D eigenvalue weighted by atomic mass is 9.90. The molecule has 0 saturated heterocycles. The van der Waals surface area contributed by atoms with Crippen molar-refractivity contribution in [3.05, 3.63) is 64.2 Å². The van der Waals surface area contributed by atoms with Crippen LogP contribution in [0, 0.1) is 0 Å². The van der Waals surface area contributed by atoms with E-state index >= 15 is 0 Å². The van der Waals surface area contributed by atoms with Gasteiger partial charge in [0.15, 0.2) is 23.9 Å². The van der Waals surface area contributed by atoms with Gasteiger partial charge in [-0.15, -0.1) is 0 Å². The Labute approximate surface area is 177 Å². The maximum absolute atomic E-state index is 12.6. The zero-order chi connectivity index (χ0) is 21.8. The molecule has 3 rings (SSSR count). The Hall–Kier alpha value is -3.52. The Morgan fingerprint density at radius 2 is 1.87 bits per heavy atom. The Morgan fingerprint density at radius 1 is 1.17 bits per heavy atom. The smallest absolute Gasteiger partial charge is 0.341 e. The molecule has 0 bridgehead atoms. The summed E-state index contributed by atoms with van der Waals surface area (Å²) in [6.07, 6.45) is 0. The second-order valence-corrected chi connectivity index (χ2v) is 6.86. The number of urea groups is 1. The first-order valence-corrected chi connectivity index (χ1v) is 9.29. The van der Waals surface area contributed by atoms with Crippen LogP contribution in [0.5, 0.6) is 11.5 Å². The number of Topliss-reactive ketones (excluding diaryl/α,β-unsaturated/α-hetero) is 1. The highest BCUT2D eigenvalue weighted by molar-refractivity contribution is 6.31. The second-order valence-electron chi connectivity index (χ2n) is 6.45. The minimum absolute atomic E-state index is 0.130. The zero-order valence-corrected chi connectivity index (χ0v) is 16.9. The van der Waals surface area contributed by atoms with Gasteiger partial charge >= 0.3 is 12.0 Å². The third-order valence-corrected chi connectivity index (χ3v) is 4.79. The van der Waals surface area contributed by atoms with E-state index in [0.717, 1.165) is 0 Å². The van der Waals surface area contributed by atoms with Crippen molar-refractivity contribution in [2.24, 2.45) is 0 Å². The molecule has 3 N–H and O–H groups in total. The van der Waals surface area contributed by atoms with E-state index in [0.29, 0.717) is 22.4 Å². The lowest BCUT2D eigenvalue weighted by Crippen LogP contribution is -2.44. The quantitative estimate of drug-likeness (QED) is 0.621. The summed E-state index contributed by atoms with van der Waals surface area (Å²) in [5.41, 5.74) is 1.79. The Morgan fingerprint density at radius 3 is 2.47 bits per heavy atom. The van der Waals surface area contributed by atoms with Crippen LogP contribution in [0.3, 0.4) is 0 Å². The molecule has 2 amide bonds. The van der Waals surface area contributed by atoms with Gasteiger partial charge in [0.25, 0.3) is 0 Å². The minimum atomic E-state index is -1.16. The van der Waals surface area contributed by atoms with Crippen LogP contribution in [-0.2, 0) is 9.59 Å². The summed E-state index contributed by atoms with van der Waals surface area (Å²) < 4.78 is 10.5. The third kappa shape index (κ3) is 4.38. The van der Waals surface area contributed by atoms with Crippen molar-refractivity contribution in [3.8, 4) is 11.5 Å². The first-order valence-electron chi connectivity index (χ1n) is 8.92. The Bertz CT molecular complexity index is 1040. The summed E-state index contributed by atoms with van der Waals surface area (Å²) in [5, 5.41) is 14.4. The lowest BCUT2D eigenvalue weighted by molar-refractivity contribution is -0.139. The molecule has 1 aliphatic heterocycles. The maximum Gasteiger partial charge on any atom is 0.341 e. The van der Waals surface area contributed by atoms with Crippen molar-refractivity contribution < 1.29 is 29.0 Å². The average molecular weight is 431 g/mol. The molecule has 8 nitrogen and oxygen atoms in total. The van der Waals surface area contributed by atoms with Gasteiger partial charge in [0.2, 0.25) is 0 Å². The third-order valence-electron chi connectivity index (χ3n) is 4.46. The number of hydrogen-bond acceptors (Lipinski definition) is 5. The maximum atomic E-state index is 12.6. The number of hydrogen-bond donors (Lipinski definition) is 3. The molecule has 0 unspecified atom stereocenters. The summed E-state index contributed by atoms with van der Waals surface area (Å²) in [6, 6.07) is 10.6. The molecule has 0 fully saturated rings. The molecular formula is C21H19ClN2O6. The number of halogens is 1. The van der Waals surface area contributed by atoms with Crippen LogP contribution in [0.4, 0.5) is 4.79 Å². The predicted molar refractivity (Wildman–Crippen MR) is 110 cm³/mol. The van der Waals surface area contributed by atoms with Gasteiger partial charge < -0.3 is 25.2 Å². The molecular weight excluding hydrogens is 412 g/mol. The van der Waals surface area contributed by atoms with E-state index in [1.165, 1.54) is 26.2 Å². The molecule has 1 aliphatic rings. The molecule has 9 heteroatoms. The van der Waals surface area contributed by atoms with Crippen LogP contribution in [0.25, 0.3) is 5.70 Å². The van der Waals surface area contributed by atoms with Crippen LogP contribution in [-0.4, -0.2) is 36.6 Å². The first kappa shape index (κ1) is 21.2. The van der Waals surface area contributed by atoms with Gasteiger partial charge in [-0.25, -0.2) is 9.59 Å². The van der Waals surface area contributed by atoms with Gasteiger partial charge in [-0.05, 0) is 18.6 Å². The molecule has 0 aromatic heterocycles. The monoisotopic (exact) mass is 430 g/mol. The van der Waals surface area contributed by atoms with E-state index in [1.54, 1.807) is 24.3 Å². The number of amides is 2. The van der Waals surface area contributed by atoms with Gasteiger partial charge in [0, 0.05) is 17.2 Å². The van der Waals surface area contributed by atoms with E-state index in [-0.39, 0.29) is 22.3 Å².